The molecule has 244 valence electrons. The van der Waals surface area contributed by atoms with Crippen molar-refractivity contribution >= 4 is 45.4 Å². The van der Waals surface area contributed by atoms with Crippen LogP contribution < -0.4 is 20.9 Å². The van der Waals surface area contributed by atoms with Crippen molar-refractivity contribution in [3.8, 4) is 11.5 Å². The zero-order chi connectivity index (χ0) is 34.1. The number of benzene rings is 2. The first-order valence-corrected chi connectivity index (χ1v) is 12.6. The number of pyridine rings is 2. The van der Waals surface area contributed by atoms with Crippen LogP contribution in [0.1, 0.15) is 5.69 Å². The van der Waals surface area contributed by atoms with Crippen molar-refractivity contribution in [2.45, 2.75) is 25.5 Å². The van der Waals surface area contributed by atoms with Crippen molar-refractivity contribution in [2.24, 2.45) is 0 Å². The molecule has 0 spiro atoms. The number of nitrogens with zero attached hydrogens (tertiary/aromatic N) is 5. The molecule has 0 fully saturated rings. The maximum Gasteiger partial charge on any atom is 0.490 e. The molecule has 13 nitrogen and oxygen atoms in total. The number of anilines is 2. The number of fused-ring (bicyclic) bond motifs is 2. The number of rotatable bonds is 7. The summed E-state index contributed by atoms with van der Waals surface area (Å²) in [7, 11) is 0. The van der Waals surface area contributed by atoms with Crippen LogP contribution in [0.2, 0.25) is 0 Å². The zero-order valence-corrected chi connectivity index (χ0v) is 23.2. The highest BCUT2D eigenvalue weighted by Crippen LogP contribution is 2.28. The Morgan fingerprint density at radius 1 is 0.761 bits per heavy atom. The molecule has 0 amide bonds. The summed E-state index contributed by atoms with van der Waals surface area (Å²) >= 11 is 0. The number of alkyl halides is 6. The number of para-hydroxylation sites is 2. The minimum atomic E-state index is -5.08. The van der Waals surface area contributed by atoms with Gasteiger partial charge in [0.25, 0.3) is 0 Å². The van der Waals surface area contributed by atoms with E-state index in [-0.39, 0.29) is 6.61 Å². The normalized spacial score (nSPS) is 11.2. The second-order valence-electron chi connectivity index (χ2n) is 8.84. The summed E-state index contributed by atoms with van der Waals surface area (Å²) in [5, 5.41) is 24.4. The van der Waals surface area contributed by atoms with E-state index in [0.717, 1.165) is 21.8 Å². The molecule has 0 unspecified atom stereocenters. The van der Waals surface area contributed by atoms with E-state index < -0.39 is 24.3 Å². The van der Waals surface area contributed by atoms with Gasteiger partial charge < -0.3 is 31.2 Å². The summed E-state index contributed by atoms with van der Waals surface area (Å²) in [4.78, 5) is 26.4. The molecule has 0 atom stereocenters. The van der Waals surface area contributed by atoms with Gasteiger partial charge in [0.05, 0.1) is 23.8 Å². The zero-order valence-electron chi connectivity index (χ0n) is 23.2. The molecule has 46 heavy (non-hydrogen) atoms. The van der Waals surface area contributed by atoms with Crippen LogP contribution in [-0.4, -0.2) is 66.1 Å². The Balaban J connectivity index is 0.000000345. The number of hydrogen-bond donors (Lipinski definition) is 4. The van der Waals surface area contributed by atoms with Gasteiger partial charge in [-0.3, -0.25) is 0 Å². The summed E-state index contributed by atoms with van der Waals surface area (Å²) in [5.41, 5.74) is 14.1. The molecular formula is C27H23F6N7O6. The van der Waals surface area contributed by atoms with Gasteiger partial charge in [-0.2, -0.15) is 26.3 Å². The third kappa shape index (κ3) is 10.1. The van der Waals surface area contributed by atoms with E-state index in [9.17, 15) is 26.3 Å². The highest BCUT2D eigenvalue weighted by molar-refractivity contribution is 5.87. The number of nitrogens with two attached hydrogens (primary N) is 2. The van der Waals surface area contributed by atoms with Gasteiger partial charge in [-0.1, -0.05) is 29.5 Å². The van der Waals surface area contributed by atoms with E-state index in [2.05, 4.69) is 20.3 Å². The first kappa shape index (κ1) is 34.6. The second kappa shape index (κ2) is 14.7. The number of nitrogen functional groups attached to an aromatic ring is 2. The van der Waals surface area contributed by atoms with Crippen LogP contribution in [0, 0.1) is 0 Å². The average molecular weight is 656 g/mol. The Morgan fingerprint density at radius 2 is 1.20 bits per heavy atom. The van der Waals surface area contributed by atoms with Gasteiger partial charge in [-0.25, -0.2) is 24.2 Å². The topological polar surface area (TPSA) is 202 Å². The monoisotopic (exact) mass is 655 g/mol. The fourth-order valence-corrected chi connectivity index (χ4v) is 3.48. The Labute approximate surface area is 254 Å². The van der Waals surface area contributed by atoms with E-state index in [4.69, 9.17) is 40.7 Å². The summed E-state index contributed by atoms with van der Waals surface area (Å²) in [5.74, 6) is -3.33. The molecule has 0 aliphatic carbocycles. The molecule has 0 bridgehead atoms. The second-order valence-corrected chi connectivity index (χ2v) is 8.84. The van der Waals surface area contributed by atoms with Gasteiger partial charge in [-0.15, -0.1) is 5.10 Å². The number of aromatic nitrogens is 5. The van der Waals surface area contributed by atoms with Gasteiger partial charge in [0, 0.05) is 22.9 Å². The Bertz CT molecular complexity index is 1790. The van der Waals surface area contributed by atoms with Crippen LogP contribution in [0.15, 0.2) is 66.9 Å². The predicted octanol–water partition coefficient (Wildman–Crippen LogP) is 4.46. The molecule has 5 aromatic rings. The molecule has 0 aliphatic heterocycles. The number of carboxylic acid groups (broad SMARTS) is 2. The lowest BCUT2D eigenvalue weighted by molar-refractivity contribution is -0.193. The van der Waals surface area contributed by atoms with Gasteiger partial charge in [0.15, 0.2) is 0 Å². The van der Waals surface area contributed by atoms with Crippen molar-refractivity contribution in [3.63, 3.8) is 0 Å². The van der Waals surface area contributed by atoms with Gasteiger partial charge in [0.1, 0.15) is 42.0 Å². The Kier molecular flexibility index (Phi) is 11.1. The lowest BCUT2D eigenvalue weighted by Gasteiger charge is -2.10. The third-order valence-electron chi connectivity index (χ3n) is 5.42. The highest BCUT2D eigenvalue weighted by atomic mass is 19.4. The summed E-state index contributed by atoms with van der Waals surface area (Å²) in [6, 6.07) is 18.9. The maximum atomic E-state index is 10.6. The Hall–Kier alpha value is -5.88. The van der Waals surface area contributed by atoms with Crippen LogP contribution >= 0.6 is 0 Å². The third-order valence-corrected chi connectivity index (χ3v) is 5.42. The molecule has 3 heterocycles. The number of carboxylic acids is 2. The minimum absolute atomic E-state index is 0.264. The van der Waals surface area contributed by atoms with Crippen LogP contribution in [0.4, 0.5) is 38.0 Å². The molecule has 0 saturated carbocycles. The average Bonchev–Trinajstić information content (AvgIpc) is 3.43. The van der Waals surface area contributed by atoms with Gasteiger partial charge in [-0.05, 0) is 24.3 Å². The SMILES string of the molecule is Nc1cc(OCCn2cc(COc3cc(N)nc4ccccc34)nn2)c2ccccc2n1.O=C(O)C(F)(F)F.O=C(O)C(F)(F)F. The smallest absolute Gasteiger partial charge is 0.490 e. The summed E-state index contributed by atoms with van der Waals surface area (Å²) in [6.07, 6.45) is -8.34. The number of carbonyl (C=O) groups is 2. The Morgan fingerprint density at radius 3 is 1.65 bits per heavy atom. The highest BCUT2D eigenvalue weighted by Gasteiger charge is 2.38. The van der Waals surface area contributed by atoms with Gasteiger partial charge in [0.2, 0.25) is 0 Å². The molecule has 3 aromatic heterocycles. The molecule has 0 radical (unpaired) electrons. The van der Waals surface area contributed by atoms with Crippen molar-refractivity contribution in [2.75, 3.05) is 18.1 Å². The van der Waals surface area contributed by atoms with E-state index in [1.54, 1.807) is 16.8 Å². The number of hydrogen-bond acceptors (Lipinski definition) is 10. The fourth-order valence-electron chi connectivity index (χ4n) is 3.48. The maximum absolute atomic E-state index is 10.6. The number of ether oxygens (including phenoxy) is 2. The lowest BCUT2D eigenvalue weighted by Crippen LogP contribution is -2.21. The van der Waals surface area contributed by atoms with Crippen LogP contribution in [0.3, 0.4) is 0 Å². The number of halogens is 6. The molecule has 5 rings (SSSR count). The van der Waals surface area contributed by atoms with E-state index in [1.807, 2.05) is 54.7 Å². The van der Waals surface area contributed by atoms with Crippen LogP contribution in [-0.2, 0) is 22.7 Å². The van der Waals surface area contributed by atoms with Crippen molar-refractivity contribution < 1.29 is 55.6 Å². The summed E-state index contributed by atoms with van der Waals surface area (Å²) < 4.78 is 77.1. The summed E-state index contributed by atoms with van der Waals surface area (Å²) in [6.45, 7) is 1.19. The molecule has 0 aliphatic rings. The van der Waals surface area contributed by atoms with Crippen molar-refractivity contribution in [1.29, 1.82) is 0 Å². The first-order valence-electron chi connectivity index (χ1n) is 12.6. The van der Waals surface area contributed by atoms with Gasteiger partial charge >= 0.3 is 24.3 Å². The van der Waals surface area contributed by atoms with Crippen LogP contribution in [0.5, 0.6) is 11.5 Å². The lowest BCUT2D eigenvalue weighted by atomic mass is 10.2. The predicted molar refractivity (Wildman–Crippen MR) is 150 cm³/mol. The molecule has 6 N–H and O–H groups in total. The fraction of sp³-hybridized carbons (Fsp3) is 0.185. The number of aliphatic carboxylic acids is 2. The standard InChI is InChI=1S/C23H21N7O2.2C2HF3O2/c24-22-11-20(16-5-1-3-7-18(16)26-22)31-10-9-30-13-15(28-29-30)14-32-21-12-23(25)27-19-8-4-2-6-17(19)21;2*3-2(4,5)1(6)7/h1-8,11-13H,9-10,14H2,(H2,24,26)(H2,25,27);2*(H,6,7). The van der Waals surface area contributed by atoms with E-state index >= 15 is 0 Å². The quantitative estimate of drug-likeness (QED) is 0.180. The van der Waals surface area contributed by atoms with Crippen LogP contribution in [0.25, 0.3) is 21.8 Å². The minimum Gasteiger partial charge on any atom is -0.491 e. The van der Waals surface area contributed by atoms with E-state index in [1.165, 1.54) is 0 Å². The van der Waals surface area contributed by atoms with Crippen molar-refractivity contribution in [3.05, 3.63) is 72.6 Å². The largest absolute Gasteiger partial charge is 0.491 e. The molecule has 19 heteroatoms. The molecular weight excluding hydrogens is 632 g/mol. The molecule has 2 aromatic carbocycles. The molecule has 0 saturated heterocycles. The van der Waals surface area contributed by atoms with E-state index in [0.29, 0.717) is 42.0 Å². The first-order chi connectivity index (χ1) is 21.5. The van der Waals surface area contributed by atoms with Crippen molar-refractivity contribution in [1.82, 2.24) is 25.0 Å².